The molecule has 0 amide bonds. The van der Waals surface area contributed by atoms with Gasteiger partial charge in [-0.05, 0) is 31.5 Å². The van der Waals surface area contributed by atoms with Crippen LogP contribution in [0.5, 0.6) is 0 Å². The lowest BCUT2D eigenvalue weighted by Gasteiger charge is -2.08. The van der Waals surface area contributed by atoms with Crippen LogP contribution in [0.2, 0.25) is 0 Å². The van der Waals surface area contributed by atoms with Gasteiger partial charge in [-0.15, -0.1) is 0 Å². The van der Waals surface area contributed by atoms with Crippen LogP contribution < -0.4 is 0 Å². The van der Waals surface area contributed by atoms with Crippen molar-refractivity contribution in [2.75, 3.05) is 26.2 Å². The summed E-state index contributed by atoms with van der Waals surface area (Å²) in [4.78, 5) is 2.39. The molecule has 0 radical (unpaired) electrons. The topological polar surface area (TPSA) is 12.5 Å². The first kappa shape index (κ1) is 12.2. The summed E-state index contributed by atoms with van der Waals surface area (Å²) in [5, 5.41) is 0. The number of benzene rings is 1. The van der Waals surface area contributed by atoms with Gasteiger partial charge in [-0.25, -0.2) is 0 Å². The Labute approximate surface area is 104 Å². The summed E-state index contributed by atoms with van der Waals surface area (Å²) < 4.78 is 5.49. The second kappa shape index (κ2) is 7.11. The Kier molecular flexibility index (Phi) is 5.09. The van der Waals surface area contributed by atoms with Crippen LogP contribution in [0.15, 0.2) is 30.3 Å². The number of hydrogen-bond acceptors (Lipinski definition) is 2. The maximum Gasteiger partial charge on any atom is 0.108 e. The van der Waals surface area contributed by atoms with Gasteiger partial charge in [0.05, 0.1) is 13.2 Å². The van der Waals surface area contributed by atoms with E-state index in [0.29, 0.717) is 13.2 Å². The smallest absolute Gasteiger partial charge is 0.108 e. The van der Waals surface area contributed by atoms with Crippen molar-refractivity contribution in [1.29, 1.82) is 0 Å². The average Bonchev–Trinajstić information content (AvgIpc) is 2.88. The number of nitrogens with zero attached hydrogens (tertiary/aromatic N) is 1. The third kappa shape index (κ3) is 4.60. The Hall–Kier alpha value is -1.30. The first-order chi connectivity index (χ1) is 8.45. The van der Waals surface area contributed by atoms with E-state index in [9.17, 15) is 0 Å². The summed E-state index contributed by atoms with van der Waals surface area (Å²) in [6.07, 6.45) is 2.65. The largest absolute Gasteiger partial charge is 0.364 e. The van der Waals surface area contributed by atoms with Gasteiger partial charge in [0.2, 0.25) is 0 Å². The zero-order valence-corrected chi connectivity index (χ0v) is 10.2. The van der Waals surface area contributed by atoms with Gasteiger partial charge < -0.3 is 4.74 Å². The molecule has 2 nitrogen and oxygen atoms in total. The van der Waals surface area contributed by atoms with E-state index in [0.717, 1.165) is 6.54 Å². The van der Waals surface area contributed by atoms with Crippen LogP contribution in [0.1, 0.15) is 18.4 Å². The SMILES string of the molecule is C(#CCN1CCCC1)COCc1ccccc1. The van der Waals surface area contributed by atoms with Crippen molar-refractivity contribution in [3.63, 3.8) is 0 Å². The van der Waals surface area contributed by atoms with Gasteiger partial charge in [-0.3, -0.25) is 4.90 Å². The number of rotatable bonds is 4. The Morgan fingerprint density at radius 2 is 1.82 bits per heavy atom. The first-order valence-corrected chi connectivity index (χ1v) is 6.25. The Morgan fingerprint density at radius 3 is 2.59 bits per heavy atom. The van der Waals surface area contributed by atoms with Crippen molar-refractivity contribution in [1.82, 2.24) is 4.90 Å². The lowest BCUT2D eigenvalue weighted by Crippen LogP contribution is -2.19. The van der Waals surface area contributed by atoms with E-state index < -0.39 is 0 Å². The highest BCUT2D eigenvalue weighted by molar-refractivity contribution is 5.13. The highest BCUT2D eigenvalue weighted by atomic mass is 16.5. The van der Waals surface area contributed by atoms with E-state index in [1.807, 2.05) is 18.2 Å². The van der Waals surface area contributed by atoms with Crippen LogP contribution in [0.4, 0.5) is 0 Å². The van der Waals surface area contributed by atoms with Gasteiger partial charge in [-0.2, -0.15) is 0 Å². The number of ether oxygens (including phenoxy) is 1. The molecule has 0 atom stereocenters. The van der Waals surface area contributed by atoms with Crippen molar-refractivity contribution in [3.8, 4) is 11.8 Å². The predicted molar refractivity (Wildman–Crippen MR) is 69.5 cm³/mol. The van der Waals surface area contributed by atoms with Crippen LogP contribution in [0.25, 0.3) is 0 Å². The fourth-order valence-electron chi connectivity index (χ4n) is 1.95. The van der Waals surface area contributed by atoms with Gasteiger partial charge in [0.1, 0.15) is 6.61 Å². The molecule has 1 aliphatic rings. The summed E-state index contributed by atoms with van der Waals surface area (Å²) in [5.41, 5.74) is 1.20. The van der Waals surface area contributed by atoms with E-state index in [4.69, 9.17) is 4.74 Å². The molecule has 2 heteroatoms. The molecule has 1 saturated heterocycles. The van der Waals surface area contributed by atoms with Crippen molar-refractivity contribution < 1.29 is 4.74 Å². The van der Waals surface area contributed by atoms with Crippen molar-refractivity contribution in [2.45, 2.75) is 19.4 Å². The minimum Gasteiger partial charge on any atom is -0.364 e. The molecule has 0 aromatic heterocycles. The zero-order chi connectivity index (χ0) is 11.8. The minimum absolute atomic E-state index is 0.530. The number of hydrogen-bond donors (Lipinski definition) is 0. The Morgan fingerprint density at radius 1 is 1.06 bits per heavy atom. The molecular weight excluding hydrogens is 210 g/mol. The van der Waals surface area contributed by atoms with Crippen LogP contribution in [-0.2, 0) is 11.3 Å². The van der Waals surface area contributed by atoms with Crippen LogP contribution >= 0.6 is 0 Å². The van der Waals surface area contributed by atoms with Gasteiger partial charge >= 0.3 is 0 Å². The van der Waals surface area contributed by atoms with Gasteiger partial charge in [0, 0.05) is 0 Å². The standard InChI is InChI=1S/C15H19NO/c1-2-8-15(9-3-1)14-17-13-7-6-12-16-10-4-5-11-16/h1-3,8-9H,4-5,10-14H2. The second-order valence-electron chi connectivity index (χ2n) is 4.32. The summed E-state index contributed by atoms with van der Waals surface area (Å²) in [5.74, 6) is 6.23. The summed E-state index contributed by atoms with van der Waals surface area (Å²) in [6, 6.07) is 10.2. The molecule has 1 fully saturated rings. The monoisotopic (exact) mass is 229 g/mol. The van der Waals surface area contributed by atoms with E-state index >= 15 is 0 Å². The molecule has 0 saturated carbocycles. The molecule has 0 bridgehead atoms. The second-order valence-corrected chi connectivity index (χ2v) is 4.32. The minimum atomic E-state index is 0.530. The van der Waals surface area contributed by atoms with Crippen LogP contribution in [0.3, 0.4) is 0 Å². The molecule has 0 unspecified atom stereocenters. The zero-order valence-electron chi connectivity index (χ0n) is 10.2. The van der Waals surface area contributed by atoms with Gasteiger partial charge in [0.25, 0.3) is 0 Å². The normalized spacial score (nSPS) is 15.5. The molecular formula is C15H19NO. The molecule has 2 rings (SSSR count). The molecule has 1 aromatic rings. The maximum absolute atomic E-state index is 5.49. The number of likely N-dealkylation sites (tertiary alicyclic amines) is 1. The van der Waals surface area contributed by atoms with Crippen molar-refractivity contribution in [2.24, 2.45) is 0 Å². The highest BCUT2D eigenvalue weighted by Crippen LogP contribution is 2.05. The lowest BCUT2D eigenvalue weighted by molar-refractivity contribution is 0.153. The maximum atomic E-state index is 5.49. The summed E-state index contributed by atoms with van der Waals surface area (Å²) in [6.45, 7) is 4.50. The van der Waals surface area contributed by atoms with E-state index in [1.54, 1.807) is 0 Å². The summed E-state index contributed by atoms with van der Waals surface area (Å²) >= 11 is 0. The molecule has 1 aliphatic heterocycles. The average molecular weight is 229 g/mol. The van der Waals surface area contributed by atoms with E-state index in [-0.39, 0.29) is 0 Å². The first-order valence-electron chi connectivity index (χ1n) is 6.25. The lowest BCUT2D eigenvalue weighted by atomic mass is 10.2. The van der Waals surface area contributed by atoms with Gasteiger partial charge in [0.15, 0.2) is 0 Å². The Balaban J connectivity index is 1.58. The molecule has 17 heavy (non-hydrogen) atoms. The molecule has 1 aromatic carbocycles. The predicted octanol–water partition coefficient (Wildman–Crippen LogP) is 2.30. The van der Waals surface area contributed by atoms with Gasteiger partial charge in [-0.1, -0.05) is 42.2 Å². The summed E-state index contributed by atoms with van der Waals surface area (Å²) in [7, 11) is 0. The molecule has 0 N–H and O–H groups in total. The molecule has 90 valence electrons. The van der Waals surface area contributed by atoms with Crippen LogP contribution in [-0.4, -0.2) is 31.1 Å². The Bertz CT molecular complexity index is 371. The molecule has 0 spiro atoms. The fraction of sp³-hybridized carbons (Fsp3) is 0.467. The van der Waals surface area contributed by atoms with E-state index in [2.05, 4.69) is 28.9 Å². The third-order valence-electron chi connectivity index (χ3n) is 2.91. The fourth-order valence-corrected chi connectivity index (χ4v) is 1.95. The van der Waals surface area contributed by atoms with E-state index in [1.165, 1.54) is 31.5 Å². The molecule has 0 aliphatic carbocycles. The van der Waals surface area contributed by atoms with Crippen molar-refractivity contribution in [3.05, 3.63) is 35.9 Å². The van der Waals surface area contributed by atoms with Crippen LogP contribution in [0, 0.1) is 11.8 Å². The van der Waals surface area contributed by atoms with Crippen molar-refractivity contribution >= 4 is 0 Å². The molecule has 1 heterocycles. The third-order valence-corrected chi connectivity index (χ3v) is 2.91. The highest BCUT2D eigenvalue weighted by Gasteiger charge is 2.08. The quantitative estimate of drug-likeness (QED) is 0.580.